The predicted molar refractivity (Wildman–Crippen MR) is 247 cm³/mol. The molecule has 0 unspecified atom stereocenters. The minimum atomic E-state index is 0.871. The van der Waals surface area contributed by atoms with Gasteiger partial charge in [-0.1, -0.05) is 140 Å². The van der Waals surface area contributed by atoms with E-state index in [1.165, 1.54) is 47.6 Å². The summed E-state index contributed by atoms with van der Waals surface area (Å²) >= 11 is 1.86. The zero-order chi connectivity index (χ0) is 38.2. The first kappa shape index (κ1) is 32.8. The molecule has 12 aromatic rings. The summed E-state index contributed by atoms with van der Waals surface area (Å²) < 4.78 is 11.7. The Morgan fingerprint density at radius 3 is 1.81 bits per heavy atom. The van der Waals surface area contributed by atoms with E-state index in [4.69, 9.17) is 4.42 Å². The van der Waals surface area contributed by atoms with Crippen molar-refractivity contribution < 1.29 is 4.42 Å². The van der Waals surface area contributed by atoms with Crippen LogP contribution in [0, 0.1) is 0 Å². The summed E-state index contributed by atoms with van der Waals surface area (Å²) in [5, 5.41) is 7.17. The van der Waals surface area contributed by atoms with Crippen LogP contribution in [0.1, 0.15) is 0 Å². The van der Waals surface area contributed by atoms with Gasteiger partial charge in [-0.2, -0.15) is 0 Å². The van der Waals surface area contributed by atoms with Crippen LogP contribution in [0.2, 0.25) is 0 Å². The van der Waals surface area contributed by atoms with E-state index in [1.807, 2.05) is 11.3 Å². The highest BCUT2D eigenvalue weighted by atomic mass is 32.1. The Hall–Kier alpha value is -7.40. The second-order valence-electron chi connectivity index (χ2n) is 14.9. The SMILES string of the molecule is c1ccc(-c2ccc3c(c2)sc2cc(N(c4ccc5c6ccccc6n(-c6ccccc6)c5c4)c4ccc(-c5ccccc5)c5oc6ccccc6c45)ccc23)cc1. The van der Waals surface area contributed by atoms with Crippen molar-refractivity contribution in [3.05, 3.63) is 206 Å². The zero-order valence-corrected chi connectivity index (χ0v) is 32.2. The average Bonchev–Trinajstić information content (AvgIpc) is 3.97. The Balaban J connectivity index is 1.14. The van der Waals surface area contributed by atoms with Crippen LogP contribution in [0.3, 0.4) is 0 Å². The van der Waals surface area contributed by atoms with Crippen molar-refractivity contribution in [2.45, 2.75) is 0 Å². The Morgan fingerprint density at radius 2 is 1.02 bits per heavy atom. The summed E-state index contributed by atoms with van der Waals surface area (Å²) in [5.41, 5.74) is 13.1. The van der Waals surface area contributed by atoms with Crippen molar-refractivity contribution in [3.63, 3.8) is 0 Å². The summed E-state index contributed by atoms with van der Waals surface area (Å²) in [4.78, 5) is 2.44. The van der Waals surface area contributed by atoms with E-state index in [0.717, 1.165) is 61.3 Å². The quantitative estimate of drug-likeness (QED) is 0.168. The number of thiophene rings is 1. The fraction of sp³-hybridized carbons (Fsp3) is 0. The van der Waals surface area contributed by atoms with Crippen LogP contribution in [0.5, 0.6) is 0 Å². The fourth-order valence-electron chi connectivity index (χ4n) is 8.94. The fourth-order valence-corrected chi connectivity index (χ4v) is 10.1. The lowest BCUT2D eigenvalue weighted by Gasteiger charge is -2.27. The average molecular weight is 759 g/mol. The molecule has 0 amide bonds. The molecule has 0 saturated heterocycles. The maximum Gasteiger partial charge on any atom is 0.145 e. The van der Waals surface area contributed by atoms with E-state index in [9.17, 15) is 0 Å². The van der Waals surface area contributed by atoms with E-state index < -0.39 is 0 Å². The first-order valence-electron chi connectivity index (χ1n) is 19.7. The Labute approximate surface area is 338 Å². The first-order chi connectivity index (χ1) is 28.8. The van der Waals surface area contributed by atoms with Gasteiger partial charge in [0, 0.05) is 59.0 Å². The number of hydrogen-bond donors (Lipinski definition) is 0. The van der Waals surface area contributed by atoms with Crippen LogP contribution >= 0.6 is 11.3 Å². The second-order valence-corrected chi connectivity index (χ2v) is 16.0. The van der Waals surface area contributed by atoms with Crippen molar-refractivity contribution in [2.24, 2.45) is 0 Å². The molecule has 3 heterocycles. The van der Waals surface area contributed by atoms with E-state index in [2.05, 4.69) is 216 Å². The maximum absolute atomic E-state index is 6.82. The number of para-hydroxylation sites is 3. The molecule has 0 spiro atoms. The highest BCUT2D eigenvalue weighted by molar-refractivity contribution is 7.25. The molecule has 0 N–H and O–H groups in total. The van der Waals surface area contributed by atoms with Crippen LogP contribution in [0.15, 0.2) is 211 Å². The van der Waals surface area contributed by atoms with Gasteiger partial charge in [-0.3, -0.25) is 0 Å². The van der Waals surface area contributed by atoms with Crippen molar-refractivity contribution in [2.75, 3.05) is 4.90 Å². The monoisotopic (exact) mass is 758 g/mol. The van der Waals surface area contributed by atoms with Crippen LogP contribution in [0.25, 0.3) is 91.9 Å². The zero-order valence-electron chi connectivity index (χ0n) is 31.3. The van der Waals surface area contributed by atoms with E-state index >= 15 is 0 Å². The molecular weight excluding hydrogens is 725 g/mol. The van der Waals surface area contributed by atoms with Crippen molar-refractivity contribution >= 4 is 92.3 Å². The van der Waals surface area contributed by atoms with Crippen LogP contribution in [-0.2, 0) is 0 Å². The number of fused-ring (bicyclic) bond motifs is 9. The molecule has 58 heavy (non-hydrogen) atoms. The minimum absolute atomic E-state index is 0.871. The summed E-state index contributed by atoms with van der Waals surface area (Å²) in [7, 11) is 0. The minimum Gasteiger partial charge on any atom is -0.455 e. The van der Waals surface area contributed by atoms with Gasteiger partial charge in [0.1, 0.15) is 11.2 Å². The largest absolute Gasteiger partial charge is 0.455 e. The van der Waals surface area contributed by atoms with Gasteiger partial charge in [-0.15, -0.1) is 11.3 Å². The molecule has 3 aromatic heterocycles. The highest BCUT2D eigenvalue weighted by Crippen LogP contribution is 2.48. The summed E-state index contributed by atoms with van der Waals surface area (Å²) in [6, 6.07) is 74.4. The topological polar surface area (TPSA) is 21.3 Å². The number of aromatic nitrogens is 1. The molecular formula is C54H34N2OS. The molecule has 0 aliphatic carbocycles. The van der Waals surface area contributed by atoms with Gasteiger partial charge in [0.25, 0.3) is 0 Å². The smallest absolute Gasteiger partial charge is 0.145 e. The number of furan rings is 1. The third kappa shape index (κ3) is 5.12. The van der Waals surface area contributed by atoms with Crippen LogP contribution in [-0.4, -0.2) is 4.57 Å². The Morgan fingerprint density at radius 1 is 0.414 bits per heavy atom. The number of hydrogen-bond acceptors (Lipinski definition) is 3. The second kappa shape index (κ2) is 13.1. The van der Waals surface area contributed by atoms with Gasteiger partial charge in [0.2, 0.25) is 0 Å². The molecule has 0 aliphatic heterocycles. The third-order valence-electron chi connectivity index (χ3n) is 11.6. The Kier molecular flexibility index (Phi) is 7.40. The van der Waals surface area contributed by atoms with Crippen LogP contribution in [0.4, 0.5) is 17.1 Å². The van der Waals surface area contributed by atoms with Gasteiger partial charge in [0.05, 0.1) is 22.1 Å². The van der Waals surface area contributed by atoms with Crippen molar-refractivity contribution in [1.82, 2.24) is 4.57 Å². The van der Waals surface area contributed by atoms with Crippen LogP contribution < -0.4 is 4.90 Å². The lowest BCUT2D eigenvalue weighted by Crippen LogP contribution is -2.10. The number of benzene rings is 9. The molecule has 4 heteroatoms. The van der Waals surface area contributed by atoms with Crippen molar-refractivity contribution in [1.29, 1.82) is 0 Å². The van der Waals surface area contributed by atoms with Gasteiger partial charge in [-0.05, 0) is 83.4 Å². The van der Waals surface area contributed by atoms with E-state index in [0.29, 0.717) is 0 Å². The summed E-state index contributed by atoms with van der Waals surface area (Å²) in [6.07, 6.45) is 0. The van der Waals surface area contributed by atoms with Gasteiger partial charge >= 0.3 is 0 Å². The van der Waals surface area contributed by atoms with Gasteiger partial charge in [-0.25, -0.2) is 0 Å². The lowest BCUT2D eigenvalue weighted by molar-refractivity contribution is 0.670. The number of anilines is 3. The molecule has 0 atom stereocenters. The highest BCUT2D eigenvalue weighted by Gasteiger charge is 2.24. The van der Waals surface area contributed by atoms with E-state index in [-0.39, 0.29) is 0 Å². The molecule has 0 aliphatic rings. The van der Waals surface area contributed by atoms with Crippen molar-refractivity contribution in [3.8, 4) is 27.9 Å². The third-order valence-corrected chi connectivity index (χ3v) is 12.7. The number of nitrogens with zero attached hydrogens (tertiary/aromatic N) is 2. The molecule has 0 bridgehead atoms. The predicted octanol–water partition coefficient (Wildman–Crippen LogP) is 15.9. The molecule has 0 saturated carbocycles. The molecule has 272 valence electrons. The molecule has 0 fully saturated rings. The maximum atomic E-state index is 6.82. The molecule has 3 nitrogen and oxygen atoms in total. The molecule has 9 aromatic carbocycles. The first-order valence-corrected chi connectivity index (χ1v) is 20.5. The summed E-state index contributed by atoms with van der Waals surface area (Å²) in [6.45, 7) is 0. The molecule has 0 radical (unpaired) electrons. The lowest BCUT2D eigenvalue weighted by atomic mass is 9.99. The summed E-state index contributed by atoms with van der Waals surface area (Å²) in [5.74, 6) is 0. The van der Waals surface area contributed by atoms with Gasteiger partial charge in [0.15, 0.2) is 0 Å². The van der Waals surface area contributed by atoms with E-state index in [1.54, 1.807) is 0 Å². The number of rotatable bonds is 6. The molecule has 12 rings (SSSR count). The standard InChI is InChI=1S/C54H34N2OS/c1-4-14-35(15-5-1)37-24-27-44-45-29-26-40(34-52(45)58-51(44)32-37)55(39-25-28-43-42-20-10-12-22-47(42)56(49(43)33-39)38-18-8-3-9-19-38)48-31-30-41(36-16-6-2-7-17-36)54-53(48)46-21-11-13-23-50(46)57-54/h1-34H. The van der Waals surface area contributed by atoms with Gasteiger partial charge < -0.3 is 13.9 Å². The Bertz CT molecular complexity index is 3510. The normalized spacial score (nSPS) is 11.8.